The van der Waals surface area contributed by atoms with E-state index in [0.717, 1.165) is 30.5 Å². The summed E-state index contributed by atoms with van der Waals surface area (Å²) in [6.07, 6.45) is 11.2. The number of hydrogen-bond acceptors (Lipinski definition) is 4. The van der Waals surface area contributed by atoms with Crippen LogP contribution in [-0.2, 0) is 17.8 Å². The van der Waals surface area contributed by atoms with Crippen LogP contribution in [0.3, 0.4) is 0 Å². The zero-order valence-electron chi connectivity index (χ0n) is 21.3. The van der Waals surface area contributed by atoms with Gasteiger partial charge in [0, 0.05) is 24.0 Å². The topological polar surface area (TPSA) is 68.0 Å². The third-order valence-electron chi connectivity index (χ3n) is 6.68. The maximum Gasteiger partial charge on any atom is 0.275 e. The van der Waals surface area contributed by atoms with Gasteiger partial charge >= 0.3 is 0 Å². The molecule has 1 saturated heterocycles. The van der Waals surface area contributed by atoms with Crippen molar-refractivity contribution in [1.82, 2.24) is 19.2 Å². The van der Waals surface area contributed by atoms with Crippen molar-refractivity contribution in [2.75, 3.05) is 26.7 Å². The van der Waals surface area contributed by atoms with Gasteiger partial charge in [-0.2, -0.15) is 0 Å². The van der Waals surface area contributed by atoms with Gasteiger partial charge in [0.2, 0.25) is 5.91 Å². The van der Waals surface area contributed by atoms with E-state index in [4.69, 9.17) is 4.74 Å². The molecule has 2 aromatic heterocycles. The van der Waals surface area contributed by atoms with Crippen LogP contribution in [0.1, 0.15) is 51.5 Å². The minimum Gasteiger partial charge on any atom is -0.497 e. The molecule has 0 unspecified atom stereocenters. The molecule has 3 aromatic rings. The van der Waals surface area contributed by atoms with Crippen molar-refractivity contribution in [2.45, 2.75) is 65.0 Å². The van der Waals surface area contributed by atoms with E-state index in [2.05, 4.69) is 16.4 Å². The SMILES string of the molecule is COc1cccc(-c2cn3cc(CCCCN4CCCCC4)cc3c(=O)n2CC(=O)NC(C)C)c1. The molecule has 3 heterocycles. The average Bonchev–Trinajstić information content (AvgIpc) is 3.27. The summed E-state index contributed by atoms with van der Waals surface area (Å²) in [6, 6.07) is 9.58. The Morgan fingerprint density at radius 2 is 1.89 bits per heavy atom. The minimum atomic E-state index is -0.180. The molecule has 7 nitrogen and oxygen atoms in total. The van der Waals surface area contributed by atoms with Crippen LogP contribution in [0.15, 0.2) is 47.5 Å². The quantitative estimate of drug-likeness (QED) is 0.446. The maximum atomic E-state index is 13.6. The number of amides is 1. The first-order valence-electron chi connectivity index (χ1n) is 12.8. The molecule has 4 rings (SSSR count). The van der Waals surface area contributed by atoms with Gasteiger partial charge in [-0.1, -0.05) is 18.6 Å². The summed E-state index contributed by atoms with van der Waals surface area (Å²) in [5.41, 5.74) is 3.11. The summed E-state index contributed by atoms with van der Waals surface area (Å²) in [6.45, 7) is 7.41. The van der Waals surface area contributed by atoms with Crippen LogP contribution in [0.25, 0.3) is 16.8 Å². The molecule has 7 heteroatoms. The first-order chi connectivity index (χ1) is 16.9. The zero-order valence-corrected chi connectivity index (χ0v) is 21.3. The molecule has 0 saturated carbocycles. The molecular formula is C28H38N4O3. The number of ether oxygens (including phenoxy) is 1. The third-order valence-corrected chi connectivity index (χ3v) is 6.68. The van der Waals surface area contributed by atoms with E-state index in [1.54, 1.807) is 11.7 Å². The summed E-state index contributed by atoms with van der Waals surface area (Å²) in [7, 11) is 1.62. The van der Waals surface area contributed by atoms with Crippen LogP contribution < -0.4 is 15.6 Å². The molecule has 0 radical (unpaired) electrons. The van der Waals surface area contributed by atoms with E-state index < -0.39 is 0 Å². The number of hydrogen-bond donors (Lipinski definition) is 1. The summed E-state index contributed by atoms with van der Waals surface area (Å²) < 4.78 is 8.88. The Morgan fingerprint density at radius 3 is 2.63 bits per heavy atom. The monoisotopic (exact) mass is 478 g/mol. The Kier molecular flexibility index (Phi) is 8.29. The van der Waals surface area contributed by atoms with Gasteiger partial charge in [-0.15, -0.1) is 0 Å². The molecule has 1 amide bonds. The molecule has 1 aliphatic heterocycles. The summed E-state index contributed by atoms with van der Waals surface area (Å²) >= 11 is 0. The van der Waals surface area contributed by atoms with Crippen LogP contribution in [0.5, 0.6) is 5.75 Å². The lowest BCUT2D eigenvalue weighted by molar-refractivity contribution is -0.122. The molecular weight excluding hydrogens is 440 g/mol. The number of benzene rings is 1. The second kappa shape index (κ2) is 11.6. The fraction of sp³-hybridized carbons (Fsp3) is 0.500. The number of aromatic nitrogens is 2. The lowest BCUT2D eigenvalue weighted by Crippen LogP contribution is -2.36. The number of carbonyl (C=O) groups is 1. The van der Waals surface area contributed by atoms with Crippen molar-refractivity contribution in [3.05, 3.63) is 58.6 Å². The van der Waals surface area contributed by atoms with Crippen LogP contribution in [0.4, 0.5) is 0 Å². The lowest BCUT2D eigenvalue weighted by atomic mass is 10.1. The number of fused-ring (bicyclic) bond motifs is 1. The van der Waals surface area contributed by atoms with Gasteiger partial charge in [0.05, 0.1) is 12.8 Å². The molecule has 0 bridgehead atoms. The third kappa shape index (κ3) is 6.34. The van der Waals surface area contributed by atoms with Crippen molar-refractivity contribution in [3.8, 4) is 17.0 Å². The molecule has 188 valence electrons. The predicted molar refractivity (Wildman–Crippen MR) is 140 cm³/mol. The van der Waals surface area contributed by atoms with Crippen LogP contribution >= 0.6 is 0 Å². The van der Waals surface area contributed by atoms with E-state index in [1.165, 1.54) is 38.8 Å². The van der Waals surface area contributed by atoms with Crippen LogP contribution in [-0.4, -0.2) is 52.6 Å². The van der Waals surface area contributed by atoms with Crippen molar-refractivity contribution >= 4 is 11.4 Å². The number of rotatable bonds is 10. The highest BCUT2D eigenvalue weighted by molar-refractivity contribution is 5.77. The summed E-state index contributed by atoms with van der Waals surface area (Å²) in [5, 5.41) is 2.90. The van der Waals surface area contributed by atoms with Crippen molar-refractivity contribution < 1.29 is 9.53 Å². The summed E-state index contributed by atoms with van der Waals surface area (Å²) in [4.78, 5) is 28.8. The van der Waals surface area contributed by atoms with Crippen molar-refractivity contribution in [2.24, 2.45) is 0 Å². The predicted octanol–water partition coefficient (Wildman–Crippen LogP) is 4.11. The minimum absolute atomic E-state index is 0.00652. The Balaban J connectivity index is 1.60. The smallest absolute Gasteiger partial charge is 0.275 e. The van der Waals surface area contributed by atoms with Crippen LogP contribution in [0.2, 0.25) is 0 Å². The van der Waals surface area contributed by atoms with Gasteiger partial charge < -0.3 is 19.4 Å². The van der Waals surface area contributed by atoms with Gasteiger partial charge in [0.1, 0.15) is 17.8 Å². The number of aryl methyl sites for hydroxylation is 1. The van der Waals surface area contributed by atoms with E-state index in [-0.39, 0.29) is 24.1 Å². The zero-order chi connectivity index (χ0) is 24.8. The van der Waals surface area contributed by atoms with Gasteiger partial charge in [-0.25, -0.2) is 0 Å². The number of methoxy groups -OCH3 is 1. The standard InChI is InChI=1S/C28H38N4O3/c1-21(2)29-27(33)20-32-26(23-11-9-12-24(17-23)35-3)19-31-18-22(16-25(31)28(32)34)10-5-8-15-30-13-6-4-7-14-30/h9,11-12,16-19,21H,4-8,10,13-15,20H2,1-3H3,(H,29,33). The largest absolute Gasteiger partial charge is 0.497 e. The van der Waals surface area contributed by atoms with Crippen LogP contribution in [0, 0.1) is 0 Å². The van der Waals surface area contributed by atoms with Gasteiger partial charge in [0.25, 0.3) is 5.56 Å². The Bertz CT molecular complexity index is 1200. The number of likely N-dealkylation sites (tertiary alicyclic amines) is 1. The molecule has 0 spiro atoms. The molecule has 35 heavy (non-hydrogen) atoms. The first-order valence-corrected chi connectivity index (χ1v) is 12.8. The fourth-order valence-corrected chi connectivity index (χ4v) is 4.93. The van der Waals surface area contributed by atoms with E-state index >= 15 is 0 Å². The number of unbranched alkanes of at least 4 members (excludes halogenated alkanes) is 1. The van der Waals surface area contributed by atoms with E-state index in [1.807, 2.05) is 54.8 Å². The number of nitrogens with one attached hydrogen (secondary N) is 1. The summed E-state index contributed by atoms with van der Waals surface area (Å²) in [5.74, 6) is 0.523. The molecule has 1 aliphatic rings. The Hall–Kier alpha value is -3.06. The Labute approximate surface area is 207 Å². The van der Waals surface area contributed by atoms with Gasteiger partial charge in [-0.3, -0.25) is 14.2 Å². The highest BCUT2D eigenvalue weighted by Gasteiger charge is 2.16. The van der Waals surface area contributed by atoms with E-state index in [9.17, 15) is 9.59 Å². The lowest BCUT2D eigenvalue weighted by Gasteiger charge is -2.26. The molecule has 0 aliphatic carbocycles. The highest BCUT2D eigenvalue weighted by atomic mass is 16.5. The normalized spacial score (nSPS) is 14.5. The molecule has 0 atom stereocenters. The average molecular weight is 479 g/mol. The second-order valence-electron chi connectivity index (χ2n) is 9.86. The number of carbonyl (C=O) groups excluding carboxylic acids is 1. The maximum absolute atomic E-state index is 13.6. The van der Waals surface area contributed by atoms with Crippen molar-refractivity contribution in [1.29, 1.82) is 0 Å². The number of piperidine rings is 1. The molecule has 1 N–H and O–H groups in total. The van der Waals surface area contributed by atoms with Gasteiger partial charge in [-0.05, 0) is 89.3 Å². The fourth-order valence-electron chi connectivity index (χ4n) is 4.93. The van der Waals surface area contributed by atoms with E-state index in [0.29, 0.717) is 17.0 Å². The molecule has 1 aromatic carbocycles. The van der Waals surface area contributed by atoms with Gasteiger partial charge in [0.15, 0.2) is 0 Å². The molecule has 1 fully saturated rings. The first kappa shape index (κ1) is 25.0. The Morgan fingerprint density at radius 1 is 1.09 bits per heavy atom. The van der Waals surface area contributed by atoms with Crippen molar-refractivity contribution in [3.63, 3.8) is 0 Å². The second-order valence-corrected chi connectivity index (χ2v) is 9.86. The highest BCUT2D eigenvalue weighted by Crippen LogP contribution is 2.24. The number of nitrogens with zero attached hydrogens (tertiary/aromatic N) is 3.